The van der Waals surface area contributed by atoms with E-state index in [0.717, 1.165) is 18.7 Å². The predicted octanol–water partition coefficient (Wildman–Crippen LogP) is 2.48. The molecule has 2 aliphatic rings. The molecule has 30 heavy (non-hydrogen) atoms. The second-order valence-electron chi connectivity index (χ2n) is 6.96. The average Bonchev–Trinajstić information content (AvgIpc) is 3.01. The molecule has 0 amide bonds. The minimum absolute atomic E-state index is 0.0472. The van der Waals surface area contributed by atoms with E-state index < -0.39 is 17.9 Å². The third-order valence-electron chi connectivity index (χ3n) is 5.15. The Balaban J connectivity index is 1.93. The molecule has 0 spiro atoms. The number of carbonyl (C=O) groups is 3. The number of carboxylic acid groups (broad SMARTS) is 1. The molecule has 1 unspecified atom stereocenters. The summed E-state index contributed by atoms with van der Waals surface area (Å²) in [5, 5.41) is 9.30. The largest absolute Gasteiger partial charge is 0.481 e. The second kappa shape index (κ2) is 9.30. The van der Waals surface area contributed by atoms with Gasteiger partial charge in [0.15, 0.2) is 0 Å². The number of aliphatic carboxylic acids is 1. The molecule has 0 aromatic heterocycles. The molecule has 1 N–H and O–H groups in total. The summed E-state index contributed by atoms with van der Waals surface area (Å²) in [6.07, 6.45) is 8.01. The summed E-state index contributed by atoms with van der Waals surface area (Å²) < 4.78 is 9.71. The lowest BCUT2D eigenvalue weighted by Gasteiger charge is -2.33. The van der Waals surface area contributed by atoms with Crippen LogP contribution in [-0.2, 0) is 23.9 Å². The smallest absolute Gasteiger partial charge is 0.355 e. The topological polar surface area (TPSA) is 96.4 Å². The van der Waals surface area contributed by atoms with E-state index >= 15 is 0 Å². The van der Waals surface area contributed by atoms with Crippen LogP contribution < -0.4 is 9.80 Å². The van der Waals surface area contributed by atoms with Gasteiger partial charge in [-0.15, -0.1) is 0 Å². The summed E-state index contributed by atoms with van der Waals surface area (Å²) in [5.41, 5.74) is 1.68. The zero-order valence-electron chi connectivity index (χ0n) is 16.9. The molecule has 0 radical (unpaired) electrons. The molecule has 0 saturated carbocycles. The average molecular weight is 412 g/mol. The number of rotatable bonds is 5. The van der Waals surface area contributed by atoms with Crippen LogP contribution in [0.3, 0.4) is 0 Å². The Bertz CT molecular complexity index is 916. The molecule has 0 aliphatic carbocycles. The van der Waals surface area contributed by atoms with Crippen molar-refractivity contribution in [3.63, 3.8) is 0 Å². The second-order valence-corrected chi connectivity index (χ2v) is 6.96. The first-order chi connectivity index (χ1) is 14.5. The van der Waals surface area contributed by atoms with Crippen molar-refractivity contribution in [2.24, 2.45) is 5.92 Å². The maximum atomic E-state index is 12.5. The van der Waals surface area contributed by atoms with E-state index in [1.807, 2.05) is 29.2 Å². The van der Waals surface area contributed by atoms with Crippen LogP contribution in [0.4, 0.5) is 11.4 Å². The monoisotopic (exact) mass is 412 g/mol. The van der Waals surface area contributed by atoms with Crippen LogP contribution in [0.2, 0.25) is 0 Å². The highest BCUT2D eigenvalue weighted by molar-refractivity contribution is 6.05. The van der Waals surface area contributed by atoms with Crippen LogP contribution in [0.5, 0.6) is 0 Å². The fourth-order valence-corrected chi connectivity index (χ4v) is 3.60. The number of carboxylic acids is 1. The summed E-state index contributed by atoms with van der Waals surface area (Å²) in [6.45, 7) is 1.25. The van der Waals surface area contributed by atoms with Crippen molar-refractivity contribution in [3.05, 3.63) is 60.0 Å². The van der Waals surface area contributed by atoms with Crippen LogP contribution >= 0.6 is 0 Å². The molecule has 3 rings (SSSR count). The zero-order valence-corrected chi connectivity index (χ0v) is 16.9. The van der Waals surface area contributed by atoms with E-state index in [-0.39, 0.29) is 17.2 Å². The van der Waals surface area contributed by atoms with Gasteiger partial charge in [-0.2, -0.15) is 0 Å². The highest BCUT2D eigenvalue weighted by atomic mass is 16.5. The van der Waals surface area contributed by atoms with Gasteiger partial charge in [-0.05, 0) is 49.3 Å². The number of ether oxygens (including phenoxy) is 2. The summed E-state index contributed by atoms with van der Waals surface area (Å²) in [7, 11) is 2.50. The molecule has 2 heterocycles. The van der Waals surface area contributed by atoms with Gasteiger partial charge in [-0.25, -0.2) is 9.59 Å². The van der Waals surface area contributed by atoms with E-state index in [4.69, 9.17) is 9.47 Å². The van der Waals surface area contributed by atoms with Crippen molar-refractivity contribution < 1.29 is 29.0 Å². The van der Waals surface area contributed by atoms with E-state index in [9.17, 15) is 19.5 Å². The van der Waals surface area contributed by atoms with Crippen molar-refractivity contribution in [2.75, 3.05) is 37.1 Å². The van der Waals surface area contributed by atoms with Crippen LogP contribution in [0, 0.1) is 5.92 Å². The van der Waals surface area contributed by atoms with Crippen molar-refractivity contribution in [1.29, 1.82) is 0 Å². The summed E-state index contributed by atoms with van der Waals surface area (Å²) in [5.74, 6) is -2.47. The Hall–Kier alpha value is -3.55. The molecule has 0 bridgehead atoms. The molecule has 8 heteroatoms. The Morgan fingerprint density at radius 3 is 2.30 bits per heavy atom. The van der Waals surface area contributed by atoms with Gasteiger partial charge < -0.3 is 24.4 Å². The van der Waals surface area contributed by atoms with E-state index in [0.29, 0.717) is 18.7 Å². The van der Waals surface area contributed by atoms with Crippen molar-refractivity contribution in [3.8, 4) is 0 Å². The van der Waals surface area contributed by atoms with Crippen molar-refractivity contribution in [1.82, 2.24) is 0 Å². The Labute approximate surface area is 174 Å². The number of methoxy groups -OCH3 is 2. The number of piperidine rings is 1. The number of nitrogens with zero attached hydrogens (tertiary/aromatic N) is 2. The van der Waals surface area contributed by atoms with E-state index in [1.54, 1.807) is 23.3 Å². The first-order valence-corrected chi connectivity index (χ1v) is 9.59. The van der Waals surface area contributed by atoms with Gasteiger partial charge in [0.2, 0.25) is 0 Å². The van der Waals surface area contributed by atoms with Gasteiger partial charge in [0.05, 0.1) is 25.7 Å². The van der Waals surface area contributed by atoms with Gasteiger partial charge in [0, 0.05) is 30.7 Å². The maximum absolute atomic E-state index is 12.5. The lowest BCUT2D eigenvalue weighted by Crippen LogP contribution is -2.38. The van der Waals surface area contributed by atoms with Gasteiger partial charge in [-0.3, -0.25) is 4.79 Å². The minimum Gasteiger partial charge on any atom is -0.481 e. The zero-order chi connectivity index (χ0) is 21.7. The third kappa shape index (κ3) is 4.37. The van der Waals surface area contributed by atoms with Gasteiger partial charge in [0.25, 0.3) is 0 Å². The van der Waals surface area contributed by atoms with Gasteiger partial charge in [-0.1, -0.05) is 6.08 Å². The lowest BCUT2D eigenvalue weighted by molar-refractivity contribution is -0.142. The van der Waals surface area contributed by atoms with Crippen molar-refractivity contribution >= 4 is 29.3 Å². The first-order valence-electron chi connectivity index (χ1n) is 9.59. The molecule has 1 aromatic rings. The number of hydrogen-bond donors (Lipinski definition) is 1. The summed E-state index contributed by atoms with van der Waals surface area (Å²) in [6, 6.07) is 7.37. The van der Waals surface area contributed by atoms with Gasteiger partial charge >= 0.3 is 17.9 Å². The quantitative estimate of drug-likeness (QED) is 0.737. The van der Waals surface area contributed by atoms with Crippen molar-refractivity contribution in [2.45, 2.75) is 12.8 Å². The minimum atomic E-state index is -0.776. The molecule has 158 valence electrons. The molecular formula is C22H24N2O6. The van der Waals surface area contributed by atoms with Crippen LogP contribution in [-0.4, -0.2) is 50.3 Å². The molecule has 1 fully saturated rings. The third-order valence-corrected chi connectivity index (χ3v) is 5.15. The molecule has 1 atom stereocenters. The van der Waals surface area contributed by atoms with Crippen LogP contribution in [0.15, 0.2) is 60.0 Å². The maximum Gasteiger partial charge on any atom is 0.355 e. The summed E-state index contributed by atoms with van der Waals surface area (Å²) >= 11 is 0. The summed E-state index contributed by atoms with van der Waals surface area (Å²) in [4.78, 5) is 39.7. The Kier molecular flexibility index (Phi) is 6.56. The number of carbonyl (C=O) groups excluding carboxylic acids is 2. The number of allylic oxidation sites excluding steroid dienone is 2. The molecular weight excluding hydrogens is 388 g/mol. The number of benzene rings is 1. The molecule has 1 aromatic carbocycles. The molecule has 8 nitrogen and oxygen atoms in total. The lowest BCUT2D eigenvalue weighted by atomic mass is 9.98. The first kappa shape index (κ1) is 21.2. The normalized spacial score (nSPS) is 18.8. The number of anilines is 2. The Morgan fingerprint density at radius 2 is 1.67 bits per heavy atom. The molecule has 2 aliphatic heterocycles. The van der Waals surface area contributed by atoms with E-state index in [1.165, 1.54) is 20.3 Å². The highest BCUT2D eigenvalue weighted by Crippen LogP contribution is 2.30. The fraction of sp³-hybridized carbons (Fsp3) is 0.318. The van der Waals surface area contributed by atoms with Gasteiger partial charge in [0.1, 0.15) is 5.70 Å². The van der Waals surface area contributed by atoms with Crippen LogP contribution in [0.1, 0.15) is 12.8 Å². The fourth-order valence-electron chi connectivity index (χ4n) is 3.60. The Morgan fingerprint density at radius 1 is 1.00 bits per heavy atom. The standard InChI is InChI=1S/C22H24N2O6/c1-29-21(27)18-7-3-4-13-24(19(18)22(28)30-2)17-10-8-16(9-11-17)23-12-5-6-15(14-23)20(25)26/h3-4,7-11,13,15H,5-6,12,14H2,1-2H3,(H,25,26). The van der Waals surface area contributed by atoms with E-state index in [2.05, 4.69) is 0 Å². The predicted molar refractivity (Wildman–Crippen MR) is 111 cm³/mol. The SMILES string of the molecule is COC(=O)C1=C(C(=O)OC)N(c2ccc(N3CCCC(C(=O)O)C3)cc2)C=CC=C1. The molecule has 1 saturated heterocycles. The highest BCUT2D eigenvalue weighted by Gasteiger charge is 2.28. The number of hydrogen-bond acceptors (Lipinski definition) is 7. The number of esters is 2. The van der Waals surface area contributed by atoms with Crippen LogP contribution in [0.25, 0.3) is 0 Å².